The van der Waals surface area contributed by atoms with Crippen molar-refractivity contribution in [2.75, 3.05) is 26.3 Å². The third-order valence-electron chi connectivity index (χ3n) is 2.35. The summed E-state index contributed by atoms with van der Waals surface area (Å²) in [5.74, 6) is 0.406. The number of nitrogens with zero attached hydrogens (tertiary/aromatic N) is 1. The number of nitrogens with one attached hydrogen (secondary N) is 1. The molecular weight excluding hydrogens is 157 g/mol. The molecule has 1 rings (SSSR count). The number of hydrogen-bond donors (Lipinski definition) is 2. The van der Waals surface area contributed by atoms with Crippen molar-refractivity contribution in [2.45, 2.75) is 12.8 Å². The molecule has 1 aliphatic heterocycles. The zero-order chi connectivity index (χ0) is 8.97. The first-order chi connectivity index (χ1) is 5.74. The predicted molar refractivity (Wildman–Crippen MR) is 47.1 cm³/mol. The quantitative estimate of drug-likeness (QED) is 0.485. The minimum absolute atomic E-state index is 0.158. The Kier molecular flexibility index (Phi) is 3.47. The first-order valence-corrected chi connectivity index (χ1v) is 4.36. The van der Waals surface area contributed by atoms with Crippen molar-refractivity contribution < 1.29 is 4.39 Å². The molecule has 0 aliphatic carbocycles. The Labute approximate surface area is 72.2 Å². The molecule has 3 N–H and O–H groups in total. The number of nitrogens with two attached hydrogens (primary N) is 1. The lowest BCUT2D eigenvalue weighted by Crippen LogP contribution is -2.41. The average molecular weight is 173 g/mol. The molecule has 0 bridgehead atoms. The lowest BCUT2D eigenvalue weighted by molar-refractivity contribution is 0.189. The van der Waals surface area contributed by atoms with Crippen LogP contribution in [0, 0.1) is 11.3 Å². The Morgan fingerprint density at radius 2 is 2.42 bits per heavy atom. The number of halogens is 1. The van der Waals surface area contributed by atoms with Crippen molar-refractivity contribution in [1.82, 2.24) is 4.90 Å². The highest BCUT2D eigenvalue weighted by atomic mass is 19.1. The second kappa shape index (κ2) is 4.40. The van der Waals surface area contributed by atoms with Crippen molar-refractivity contribution in [1.29, 1.82) is 5.41 Å². The Morgan fingerprint density at radius 3 is 3.00 bits per heavy atom. The summed E-state index contributed by atoms with van der Waals surface area (Å²) < 4.78 is 12.0. The van der Waals surface area contributed by atoms with Crippen LogP contribution in [0.3, 0.4) is 0 Å². The summed E-state index contributed by atoms with van der Waals surface area (Å²) >= 11 is 0. The summed E-state index contributed by atoms with van der Waals surface area (Å²) in [6.07, 6.45) is 2.02. The summed E-state index contributed by atoms with van der Waals surface area (Å²) in [4.78, 5) is 2.04. The second-order valence-corrected chi connectivity index (χ2v) is 3.28. The van der Waals surface area contributed by atoms with E-state index in [4.69, 9.17) is 11.1 Å². The first kappa shape index (κ1) is 9.45. The van der Waals surface area contributed by atoms with Crippen molar-refractivity contribution in [3.05, 3.63) is 0 Å². The SMILES string of the molecule is N=C(N)C1CCCN(CCF)C1. The van der Waals surface area contributed by atoms with Gasteiger partial charge in [-0.15, -0.1) is 0 Å². The van der Waals surface area contributed by atoms with E-state index in [0.717, 1.165) is 25.9 Å². The minimum atomic E-state index is -0.301. The van der Waals surface area contributed by atoms with E-state index in [1.165, 1.54) is 0 Å². The molecule has 0 radical (unpaired) electrons. The van der Waals surface area contributed by atoms with Crippen LogP contribution in [-0.2, 0) is 0 Å². The Balaban J connectivity index is 2.35. The van der Waals surface area contributed by atoms with E-state index >= 15 is 0 Å². The van der Waals surface area contributed by atoms with Gasteiger partial charge in [0.2, 0.25) is 0 Å². The van der Waals surface area contributed by atoms with Crippen LogP contribution in [0.2, 0.25) is 0 Å². The molecule has 0 saturated carbocycles. The molecule has 1 heterocycles. The Bertz CT molecular complexity index is 158. The molecule has 0 aromatic rings. The lowest BCUT2D eigenvalue weighted by atomic mass is 9.97. The van der Waals surface area contributed by atoms with Gasteiger partial charge in [0.15, 0.2) is 0 Å². The van der Waals surface area contributed by atoms with Crippen LogP contribution in [0.4, 0.5) is 4.39 Å². The van der Waals surface area contributed by atoms with E-state index in [-0.39, 0.29) is 18.4 Å². The summed E-state index contributed by atoms with van der Waals surface area (Å²) in [7, 11) is 0. The standard InChI is InChI=1S/C8H16FN3/c9-3-5-12-4-1-2-7(6-12)8(10)11/h7H,1-6H2,(H3,10,11). The molecule has 1 fully saturated rings. The van der Waals surface area contributed by atoms with Crippen LogP contribution in [0.25, 0.3) is 0 Å². The van der Waals surface area contributed by atoms with Gasteiger partial charge in [-0.25, -0.2) is 4.39 Å². The van der Waals surface area contributed by atoms with Gasteiger partial charge in [-0.2, -0.15) is 0 Å². The van der Waals surface area contributed by atoms with Gasteiger partial charge in [0.25, 0.3) is 0 Å². The molecule has 1 aliphatic rings. The molecule has 0 amide bonds. The van der Waals surface area contributed by atoms with Crippen molar-refractivity contribution in [3.8, 4) is 0 Å². The summed E-state index contributed by atoms with van der Waals surface area (Å²) in [6.45, 7) is 1.90. The van der Waals surface area contributed by atoms with Gasteiger partial charge in [0, 0.05) is 19.0 Å². The fourth-order valence-corrected chi connectivity index (χ4v) is 1.63. The van der Waals surface area contributed by atoms with E-state index in [0.29, 0.717) is 6.54 Å². The van der Waals surface area contributed by atoms with Gasteiger partial charge < -0.3 is 10.6 Å². The lowest BCUT2D eigenvalue weighted by Gasteiger charge is -2.31. The summed E-state index contributed by atoms with van der Waals surface area (Å²) in [6, 6.07) is 0. The molecule has 0 aromatic carbocycles. The minimum Gasteiger partial charge on any atom is -0.387 e. The maximum Gasteiger partial charge on any atom is 0.102 e. The van der Waals surface area contributed by atoms with Crippen molar-refractivity contribution >= 4 is 5.84 Å². The van der Waals surface area contributed by atoms with E-state index in [1.807, 2.05) is 4.90 Å². The van der Waals surface area contributed by atoms with Crippen molar-refractivity contribution in [2.24, 2.45) is 11.7 Å². The highest BCUT2D eigenvalue weighted by molar-refractivity contribution is 5.79. The Hall–Kier alpha value is -0.640. The molecule has 12 heavy (non-hydrogen) atoms. The number of piperidine rings is 1. The van der Waals surface area contributed by atoms with Crippen LogP contribution in [-0.4, -0.2) is 37.0 Å². The van der Waals surface area contributed by atoms with Gasteiger partial charge in [-0.3, -0.25) is 5.41 Å². The van der Waals surface area contributed by atoms with Crippen LogP contribution >= 0.6 is 0 Å². The number of alkyl halides is 1. The number of hydrogen-bond acceptors (Lipinski definition) is 2. The van der Waals surface area contributed by atoms with Gasteiger partial charge >= 0.3 is 0 Å². The van der Waals surface area contributed by atoms with E-state index in [1.54, 1.807) is 0 Å². The molecule has 1 unspecified atom stereocenters. The topological polar surface area (TPSA) is 53.1 Å². The summed E-state index contributed by atoms with van der Waals surface area (Å²) in [5, 5.41) is 7.27. The number of rotatable bonds is 3. The number of amidine groups is 1. The molecule has 4 heteroatoms. The van der Waals surface area contributed by atoms with Gasteiger partial charge in [-0.05, 0) is 19.4 Å². The van der Waals surface area contributed by atoms with Gasteiger partial charge in [0.05, 0.1) is 5.84 Å². The maximum atomic E-state index is 12.0. The summed E-state index contributed by atoms with van der Waals surface area (Å²) in [5.41, 5.74) is 5.39. The average Bonchev–Trinajstić information content (AvgIpc) is 2.05. The Morgan fingerprint density at radius 1 is 1.67 bits per heavy atom. The third kappa shape index (κ3) is 2.44. The highest BCUT2D eigenvalue weighted by Gasteiger charge is 2.21. The van der Waals surface area contributed by atoms with Crippen molar-refractivity contribution in [3.63, 3.8) is 0 Å². The van der Waals surface area contributed by atoms with Crippen LogP contribution in [0.5, 0.6) is 0 Å². The highest BCUT2D eigenvalue weighted by Crippen LogP contribution is 2.15. The van der Waals surface area contributed by atoms with E-state index in [9.17, 15) is 4.39 Å². The normalized spacial score (nSPS) is 25.6. The largest absolute Gasteiger partial charge is 0.387 e. The van der Waals surface area contributed by atoms with E-state index in [2.05, 4.69) is 0 Å². The third-order valence-corrected chi connectivity index (χ3v) is 2.35. The van der Waals surface area contributed by atoms with Gasteiger partial charge in [0.1, 0.15) is 6.67 Å². The number of likely N-dealkylation sites (tertiary alicyclic amines) is 1. The molecule has 0 aromatic heterocycles. The van der Waals surface area contributed by atoms with Crippen LogP contribution in [0.1, 0.15) is 12.8 Å². The maximum absolute atomic E-state index is 12.0. The first-order valence-electron chi connectivity index (χ1n) is 4.36. The van der Waals surface area contributed by atoms with Crippen LogP contribution in [0.15, 0.2) is 0 Å². The molecule has 1 saturated heterocycles. The zero-order valence-electron chi connectivity index (χ0n) is 7.22. The fourth-order valence-electron chi connectivity index (χ4n) is 1.63. The predicted octanol–water partition coefficient (Wildman–Crippen LogP) is 0.604. The van der Waals surface area contributed by atoms with Crippen LogP contribution < -0.4 is 5.73 Å². The molecule has 70 valence electrons. The molecular formula is C8H16FN3. The zero-order valence-corrected chi connectivity index (χ0v) is 7.22. The molecule has 1 atom stereocenters. The fraction of sp³-hybridized carbons (Fsp3) is 0.875. The monoisotopic (exact) mass is 173 g/mol. The molecule has 3 nitrogen and oxygen atoms in total. The molecule has 0 spiro atoms. The van der Waals surface area contributed by atoms with E-state index < -0.39 is 0 Å². The smallest absolute Gasteiger partial charge is 0.102 e. The van der Waals surface area contributed by atoms with Gasteiger partial charge in [-0.1, -0.05) is 0 Å². The second-order valence-electron chi connectivity index (χ2n) is 3.28.